The Bertz CT molecular complexity index is 1020. The molecule has 4 N–H and O–H groups in total. The number of hydrogen-bond donors (Lipinski definition) is 4. The summed E-state index contributed by atoms with van der Waals surface area (Å²) in [5, 5.41) is 23.4. The number of carbonyl (C=O) groups excluding carboxylic acids is 1. The highest BCUT2D eigenvalue weighted by Crippen LogP contribution is 2.39. The highest BCUT2D eigenvalue weighted by Gasteiger charge is 2.37. The number of fused-ring (bicyclic) bond motifs is 1. The highest BCUT2D eigenvalue weighted by molar-refractivity contribution is 7.92. The molecule has 1 aliphatic heterocycles. The van der Waals surface area contributed by atoms with Crippen LogP contribution in [0.25, 0.3) is 10.8 Å². The van der Waals surface area contributed by atoms with E-state index < -0.39 is 45.5 Å². The van der Waals surface area contributed by atoms with Crippen LogP contribution in [-0.4, -0.2) is 43.2 Å². The molecule has 0 saturated carbocycles. The van der Waals surface area contributed by atoms with Crippen molar-refractivity contribution in [3.05, 3.63) is 30.1 Å². The quantitative estimate of drug-likeness (QED) is 0.606. The number of halogens is 1. The van der Waals surface area contributed by atoms with Crippen molar-refractivity contribution in [3.63, 3.8) is 0 Å². The van der Waals surface area contributed by atoms with E-state index in [0.717, 1.165) is 0 Å². The Morgan fingerprint density at radius 3 is 2.63 bits per heavy atom. The van der Waals surface area contributed by atoms with E-state index in [1.165, 1.54) is 12.1 Å². The molecule has 1 aliphatic rings. The van der Waals surface area contributed by atoms with Gasteiger partial charge in [0.1, 0.15) is 18.0 Å². The molecule has 8 nitrogen and oxygen atoms in total. The largest absolute Gasteiger partial charge is 0.506 e. The van der Waals surface area contributed by atoms with Crippen LogP contribution in [0.2, 0.25) is 0 Å². The molecule has 1 saturated heterocycles. The van der Waals surface area contributed by atoms with Gasteiger partial charge in [0, 0.05) is 17.6 Å². The molecule has 0 aromatic heterocycles. The van der Waals surface area contributed by atoms with Crippen LogP contribution in [0.3, 0.4) is 0 Å². The Hall–Kier alpha value is -2.59. The minimum atomic E-state index is -4.25. The molecule has 0 atom stereocenters. The SMILES string of the molecule is CC(C)(O)CCNc1ccc2cc(O)c(N3CC(=O)NS3(=O)=O)c(F)c2c1. The zero-order valence-electron chi connectivity index (χ0n) is 14.8. The first kappa shape index (κ1) is 19.2. The first-order valence-corrected chi connectivity index (χ1v) is 9.67. The van der Waals surface area contributed by atoms with Gasteiger partial charge < -0.3 is 15.5 Å². The van der Waals surface area contributed by atoms with Crippen molar-refractivity contribution in [3.8, 4) is 5.75 Å². The van der Waals surface area contributed by atoms with Crippen molar-refractivity contribution >= 4 is 38.3 Å². The van der Waals surface area contributed by atoms with Crippen LogP contribution in [0.5, 0.6) is 5.75 Å². The summed E-state index contributed by atoms with van der Waals surface area (Å²) in [6.45, 7) is 3.19. The van der Waals surface area contributed by atoms with E-state index in [4.69, 9.17) is 0 Å². The molecule has 27 heavy (non-hydrogen) atoms. The van der Waals surface area contributed by atoms with E-state index in [9.17, 15) is 23.4 Å². The lowest BCUT2D eigenvalue weighted by Crippen LogP contribution is -2.30. The van der Waals surface area contributed by atoms with E-state index >= 15 is 4.39 Å². The van der Waals surface area contributed by atoms with Crippen molar-refractivity contribution in [1.82, 2.24) is 4.72 Å². The zero-order valence-corrected chi connectivity index (χ0v) is 15.6. The Morgan fingerprint density at radius 2 is 2.04 bits per heavy atom. The third-order valence-electron chi connectivity index (χ3n) is 4.17. The van der Waals surface area contributed by atoms with Crippen LogP contribution < -0.4 is 14.3 Å². The third kappa shape index (κ3) is 3.91. The first-order valence-electron chi connectivity index (χ1n) is 8.23. The van der Waals surface area contributed by atoms with Crippen LogP contribution in [-0.2, 0) is 15.0 Å². The summed E-state index contributed by atoms with van der Waals surface area (Å²) < 4.78 is 41.3. The van der Waals surface area contributed by atoms with Gasteiger partial charge in [0.25, 0.3) is 5.91 Å². The molecule has 0 aliphatic carbocycles. The molecule has 0 bridgehead atoms. The molecule has 0 radical (unpaired) electrons. The van der Waals surface area contributed by atoms with Crippen LogP contribution in [0.4, 0.5) is 15.8 Å². The second-order valence-corrected chi connectivity index (χ2v) is 8.62. The number of hydrogen-bond acceptors (Lipinski definition) is 6. The maximum atomic E-state index is 15.1. The van der Waals surface area contributed by atoms with E-state index in [-0.39, 0.29) is 5.39 Å². The lowest BCUT2D eigenvalue weighted by molar-refractivity contribution is -0.117. The lowest BCUT2D eigenvalue weighted by Gasteiger charge is -2.19. The van der Waals surface area contributed by atoms with Crippen molar-refractivity contribution in [2.24, 2.45) is 0 Å². The number of anilines is 2. The van der Waals surface area contributed by atoms with Gasteiger partial charge in [-0.3, -0.25) is 4.79 Å². The van der Waals surface area contributed by atoms with E-state index in [1.807, 2.05) is 0 Å². The predicted molar refractivity (Wildman–Crippen MR) is 99.4 cm³/mol. The number of aromatic hydroxyl groups is 1. The molecule has 1 heterocycles. The second kappa shape index (κ2) is 6.54. The van der Waals surface area contributed by atoms with Gasteiger partial charge in [-0.2, -0.15) is 8.42 Å². The Kier molecular flexibility index (Phi) is 4.64. The number of amides is 1. The summed E-state index contributed by atoms with van der Waals surface area (Å²) in [4.78, 5) is 11.4. The highest BCUT2D eigenvalue weighted by atomic mass is 32.2. The maximum Gasteiger partial charge on any atom is 0.326 e. The van der Waals surface area contributed by atoms with E-state index in [2.05, 4.69) is 5.32 Å². The van der Waals surface area contributed by atoms with Crippen LogP contribution >= 0.6 is 0 Å². The van der Waals surface area contributed by atoms with Crippen molar-refractivity contribution < 1.29 is 27.8 Å². The van der Waals surface area contributed by atoms with Gasteiger partial charge in [0.15, 0.2) is 5.82 Å². The monoisotopic (exact) mass is 397 g/mol. The fourth-order valence-electron chi connectivity index (χ4n) is 2.83. The van der Waals surface area contributed by atoms with Gasteiger partial charge in [0.05, 0.1) is 5.60 Å². The van der Waals surface area contributed by atoms with Crippen molar-refractivity contribution in [2.45, 2.75) is 25.9 Å². The van der Waals surface area contributed by atoms with Gasteiger partial charge in [-0.05, 0) is 43.9 Å². The van der Waals surface area contributed by atoms with Crippen molar-refractivity contribution in [2.75, 3.05) is 22.7 Å². The average molecular weight is 397 g/mol. The average Bonchev–Trinajstić information content (AvgIpc) is 2.79. The number of rotatable bonds is 5. The van der Waals surface area contributed by atoms with Gasteiger partial charge in [0.2, 0.25) is 0 Å². The molecule has 2 aromatic carbocycles. The molecule has 146 valence electrons. The Labute approximate surface area is 155 Å². The van der Waals surface area contributed by atoms with Gasteiger partial charge in [-0.15, -0.1) is 0 Å². The first-order chi connectivity index (χ1) is 12.5. The molecular weight excluding hydrogens is 377 g/mol. The molecule has 1 fully saturated rings. The molecule has 10 heteroatoms. The summed E-state index contributed by atoms with van der Waals surface area (Å²) in [6, 6.07) is 5.99. The number of carbonyl (C=O) groups is 1. The summed E-state index contributed by atoms with van der Waals surface area (Å²) in [7, 11) is -4.25. The summed E-state index contributed by atoms with van der Waals surface area (Å²) >= 11 is 0. The second-order valence-electron chi connectivity index (χ2n) is 7.02. The summed E-state index contributed by atoms with van der Waals surface area (Å²) in [6.07, 6.45) is 0.466. The van der Waals surface area contributed by atoms with Crippen LogP contribution in [0, 0.1) is 5.82 Å². The lowest BCUT2D eigenvalue weighted by atomic mass is 10.1. The van der Waals surface area contributed by atoms with Gasteiger partial charge >= 0.3 is 10.2 Å². The molecule has 0 spiro atoms. The number of aliphatic hydroxyl groups is 1. The fourth-order valence-corrected chi connectivity index (χ4v) is 4.00. The zero-order chi connectivity index (χ0) is 20.0. The number of nitrogens with one attached hydrogen (secondary N) is 2. The molecule has 1 amide bonds. The van der Waals surface area contributed by atoms with E-state index in [1.54, 1.807) is 30.7 Å². The number of phenols is 1. The van der Waals surface area contributed by atoms with Gasteiger partial charge in [-0.1, -0.05) is 6.07 Å². The smallest absolute Gasteiger partial charge is 0.326 e. The predicted octanol–water partition coefficient (Wildman–Crippen LogP) is 1.44. The molecule has 2 aromatic rings. The van der Waals surface area contributed by atoms with Crippen LogP contribution in [0.1, 0.15) is 20.3 Å². The van der Waals surface area contributed by atoms with Crippen molar-refractivity contribution in [1.29, 1.82) is 0 Å². The minimum Gasteiger partial charge on any atom is -0.506 e. The number of nitrogens with zero attached hydrogens (tertiary/aromatic N) is 1. The Morgan fingerprint density at radius 1 is 1.33 bits per heavy atom. The maximum absolute atomic E-state index is 15.1. The number of benzene rings is 2. The van der Waals surface area contributed by atoms with Crippen LogP contribution in [0.15, 0.2) is 24.3 Å². The third-order valence-corrected chi connectivity index (χ3v) is 5.55. The standard InChI is InChI=1S/C17H20FN3O5S/c1-17(2,24)5-6-19-11-4-3-10-7-13(22)16(15(18)12(10)8-11)21-9-14(23)20-27(21,25)26/h3-4,7-8,19,22,24H,5-6,9H2,1-2H3,(H,20,23). The Balaban J connectivity index is 2.00. The van der Waals surface area contributed by atoms with E-state index in [0.29, 0.717) is 28.3 Å². The molecule has 3 rings (SSSR count). The summed E-state index contributed by atoms with van der Waals surface area (Å²) in [5.74, 6) is -2.34. The fraction of sp³-hybridized carbons (Fsp3) is 0.353. The minimum absolute atomic E-state index is 0.0885. The topological polar surface area (TPSA) is 119 Å². The normalized spacial score (nSPS) is 16.6. The molecule has 0 unspecified atom stereocenters. The van der Waals surface area contributed by atoms with Gasteiger partial charge in [-0.25, -0.2) is 13.4 Å². The molecular formula is C17H20FN3O5S. The number of phenolic OH excluding ortho intramolecular Hbond substituents is 1. The summed E-state index contributed by atoms with van der Waals surface area (Å²) in [5.41, 5.74) is -0.854.